The molecule has 3 heterocycles. The Labute approximate surface area is 214 Å². The fraction of sp³-hybridized carbons (Fsp3) is 0.214. The summed E-state index contributed by atoms with van der Waals surface area (Å²) in [5.41, 5.74) is 9.28. The molecule has 0 radical (unpaired) electrons. The van der Waals surface area contributed by atoms with Gasteiger partial charge >= 0.3 is 0 Å². The average Bonchev–Trinajstić information content (AvgIpc) is 3.31. The van der Waals surface area contributed by atoms with Crippen LogP contribution in [0.4, 0.5) is 5.69 Å². The number of benzene rings is 2. The average molecular weight is 532 g/mol. The van der Waals surface area contributed by atoms with Gasteiger partial charge in [0.05, 0.1) is 17.8 Å². The summed E-state index contributed by atoms with van der Waals surface area (Å²) in [6.07, 6.45) is 1.85. The fourth-order valence-electron chi connectivity index (χ4n) is 4.98. The molecule has 1 fully saturated rings. The lowest BCUT2D eigenvalue weighted by molar-refractivity contribution is 0.565. The molecule has 1 N–H and O–H groups in total. The smallest absolute Gasteiger partial charge is 0.174 e. The number of nitrogens with zero attached hydrogens (tertiary/aromatic N) is 3. The Morgan fingerprint density at radius 1 is 0.912 bits per heavy atom. The van der Waals surface area contributed by atoms with Gasteiger partial charge in [0, 0.05) is 33.4 Å². The van der Waals surface area contributed by atoms with Crippen LogP contribution in [0.2, 0.25) is 0 Å². The number of thiocarbonyl (C=S) groups is 1. The first-order valence-corrected chi connectivity index (χ1v) is 12.6. The van der Waals surface area contributed by atoms with Crippen LogP contribution in [0.25, 0.3) is 5.69 Å². The second-order valence-corrected chi connectivity index (χ2v) is 10.2. The summed E-state index contributed by atoms with van der Waals surface area (Å²) < 4.78 is 3.43. The molecule has 172 valence electrons. The molecule has 6 heteroatoms. The second kappa shape index (κ2) is 9.01. The monoisotopic (exact) mass is 530 g/mol. The van der Waals surface area contributed by atoms with Gasteiger partial charge in [-0.2, -0.15) is 0 Å². The molecule has 5 rings (SSSR count). The zero-order valence-corrected chi connectivity index (χ0v) is 22.1. The third-order valence-electron chi connectivity index (χ3n) is 6.57. The van der Waals surface area contributed by atoms with Crippen LogP contribution >= 0.6 is 28.1 Å². The quantitative estimate of drug-likeness (QED) is 0.286. The first-order chi connectivity index (χ1) is 16.3. The van der Waals surface area contributed by atoms with Crippen molar-refractivity contribution in [2.75, 3.05) is 4.90 Å². The van der Waals surface area contributed by atoms with Crippen LogP contribution in [0.15, 0.2) is 77.4 Å². The SMILES string of the molecule is Cc1cccc(-n2c(C)cc([C@H]3[C@H](c4ccccn4)NC(=S)N3c3ccc(Br)c(C)c3)c2C)c1. The van der Waals surface area contributed by atoms with Gasteiger partial charge < -0.3 is 14.8 Å². The zero-order chi connectivity index (χ0) is 24.0. The highest BCUT2D eigenvalue weighted by atomic mass is 79.9. The standard InChI is InChI=1S/C28H27BrN4S/c1-17-8-7-9-21(14-17)32-19(3)16-23(20(32)4)27-26(25-10-5-6-13-30-25)31-28(34)33(27)22-11-12-24(29)18(2)15-22/h5-16,26-27H,1-4H3,(H,31,34)/t26-,27-/m0/s1. The highest BCUT2D eigenvalue weighted by Crippen LogP contribution is 2.44. The molecule has 34 heavy (non-hydrogen) atoms. The minimum absolute atomic E-state index is 0.0345. The van der Waals surface area contributed by atoms with Crippen LogP contribution in [0.5, 0.6) is 0 Å². The molecule has 1 aliphatic heterocycles. The minimum atomic E-state index is -0.0656. The Morgan fingerprint density at radius 2 is 1.74 bits per heavy atom. The van der Waals surface area contributed by atoms with Crippen molar-refractivity contribution in [3.63, 3.8) is 0 Å². The van der Waals surface area contributed by atoms with Gasteiger partial charge in [0.15, 0.2) is 5.11 Å². The molecule has 1 saturated heterocycles. The molecule has 0 aliphatic carbocycles. The van der Waals surface area contributed by atoms with Gasteiger partial charge in [-0.25, -0.2) is 0 Å². The van der Waals surface area contributed by atoms with Crippen LogP contribution in [0, 0.1) is 27.7 Å². The van der Waals surface area contributed by atoms with Gasteiger partial charge in [0.25, 0.3) is 0 Å². The van der Waals surface area contributed by atoms with Gasteiger partial charge in [-0.05, 0) is 105 Å². The van der Waals surface area contributed by atoms with Gasteiger partial charge in [0.2, 0.25) is 0 Å². The number of aromatic nitrogens is 2. The highest BCUT2D eigenvalue weighted by Gasteiger charge is 2.42. The van der Waals surface area contributed by atoms with Crippen molar-refractivity contribution in [3.05, 3.63) is 111 Å². The molecule has 0 bridgehead atoms. The van der Waals surface area contributed by atoms with Crippen LogP contribution in [-0.2, 0) is 0 Å². The summed E-state index contributed by atoms with van der Waals surface area (Å²) in [6, 6.07) is 23.3. The van der Waals surface area contributed by atoms with E-state index in [9.17, 15) is 0 Å². The summed E-state index contributed by atoms with van der Waals surface area (Å²) in [5, 5.41) is 4.29. The van der Waals surface area contributed by atoms with E-state index in [2.05, 4.69) is 113 Å². The molecular formula is C28H27BrN4S. The summed E-state index contributed by atoms with van der Waals surface area (Å²) >= 11 is 9.55. The van der Waals surface area contributed by atoms with Crippen molar-refractivity contribution in [1.82, 2.24) is 14.9 Å². The Kier molecular flexibility index (Phi) is 6.04. The molecule has 0 saturated carbocycles. The van der Waals surface area contributed by atoms with Crippen molar-refractivity contribution in [2.45, 2.75) is 39.8 Å². The number of nitrogens with one attached hydrogen (secondary N) is 1. The highest BCUT2D eigenvalue weighted by molar-refractivity contribution is 9.10. The first kappa shape index (κ1) is 22.8. The van der Waals surface area contributed by atoms with E-state index >= 15 is 0 Å². The Morgan fingerprint density at radius 3 is 2.44 bits per heavy atom. The maximum Gasteiger partial charge on any atom is 0.174 e. The lowest BCUT2D eigenvalue weighted by atomic mass is 9.96. The third kappa shape index (κ3) is 3.95. The van der Waals surface area contributed by atoms with E-state index < -0.39 is 0 Å². The molecule has 2 atom stereocenters. The Hall–Kier alpha value is -2.96. The van der Waals surface area contributed by atoms with Crippen LogP contribution in [-0.4, -0.2) is 14.7 Å². The van der Waals surface area contributed by atoms with Crippen molar-refractivity contribution in [2.24, 2.45) is 0 Å². The van der Waals surface area contributed by atoms with Crippen LogP contribution in [0.1, 0.15) is 45.9 Å². The number of rotatable bonds is 4. The molecule has 4 nitrogen and oxygen atoms in total. The van der Waals surface area contributed by atoms with Gasteiger partial charge in [-0.1, -0.05) is 34.1 Å². The van der Waals surface area contributed by atoms with E-state index in [4.69, 9.17) is 17.2 Å². The summed E-state index contributed by atoms with van der Waals surface area (Å²) in [7, 11) is 0. The van der Waals surface area contributed by atoms with E-state index in [0.29, 0.717) is 5.11 Å². The summed E-state index contributed by atoms with van der Waals surface area (Å²) in [5.74, 6) is 0. The topological polar surface area (TPSA) is 33.1 Å². The number of halogens is 1. The lowest BCUT2D eigenvalue weighted by Gasteiger charge is -2.28. The predicted molar refractivity (Wildman–Crippen MR) is 147 cm³/mol. The fourth-order valence-corrected chi connectivity index (χ4v) is 5.57. The van der Waals surface area contributed by atoms with E-state index in [1.54, 1.807) is 0 Å². The third-order valence-corrected chi connectivity index (χ3v) is 7.77. The summed E-state index contributed by atoms with van der Waals surface area (Å²) in [4.78, 5) is 6.94. The lowest BCUT2D eigenvalue weighted by Crippen LogP contribution is -2.29. The van der Waals surface area contributed by atoms with Gasteiger partial charge in [0.1, 0.15) is 0 Å². The Bertz CT molecular complexity index is 1380. The molecule has 4 aromatic rings. The van der Waals surface area contributed by atoms with Crippen molar-refractivity contribution >= 4 is 38.9 Å². The molecule has 0 unspecified atom stereocenters. The number of anilines is 1. The predicted octanol–water partition coefficient (Wildman–Crippen LogP) is 7.05. The van der Waals surface area contributed by atoms with E-state index in [1.807, 2.05) is 18.3 Å². The first-order valence-electron chi connectivity index (χ1n) is 11.4. The number of hydrogen-bond donors (Lipinski definition) is 1. The van der Waals surface area contributed by atoms with E-state index in [0.717, 1.165) is 15.9 Å². The molecular weight excluding hydrogens is 504 g/mol. The van der Waals surface area contributed by atoms with Crippen molar-refractivity contribution in [3.8, 4) is 5.69 Å². The Balaban J connectivity index is 1.69. The molecule has 0 spiro atoms. The van der Waals surface area contributed by atoms with E-state index in [-0.39, 0.29) is 12.1 Å². The zero-order valence-electron chi connectivity index (χ0n) is 19.7. The number of aryl methyl sites for hydroxylation is 3. The summed E-state index contributed by atoms with van der Waals surface area (Å²) in [6.45, 7) is 8.61. The molecule has 0 amide bonds. The normalized spacial score (nSPS) is 17.8. The van der Waals surface area contributed by atoms with Crippen molar-refractivity contribution in [1.29, 1.82) is 0 Å². The maximum atomic E-state index is 5.91. The number of pyridine rings is 1. The number of hydrogen-bond acceptors (Lipinski definition) is 2. The van der Waals surface area contributed by atoms with Crippen LogP contribution < -0.4 is 10.2 Å². The second-order valence-electron chi connectivity index (χ2n) is 8.93. The van der Waals surface area contributed by atoms with E-state index in [1.165, 1.54) is 33.8 Å². The van der Waals surface area contributed by atoms with Crippen molar-refractivity contribution < 1.29 is 0 Å². The van der Waals surface area contributed by atoms with Gasteiger partial charge in [-0.3, -0.25) is 4.98 Å². The molecule has 1 aliphatic rings. The molecule has 2 aromatic heterocycles. The maximum absolute atomic E-state index is 5.91. The van der Waals surface area contributed by atoms with Gasteiger partial charge in [-0.15, -0.1) is 0 Å². The molecule has 2 aromatic carbocycles. The minimum Gasteiger partial charge on any atom is -0.351 e. The van der Waals surface area contributed by atoms with Crippen LogP contribution in [0.3, 0.4) is 0 Å². The largest absolute Gasteiger partial charge is 0.351 e.